The first-order valence-electron chi connectivity index (χ1n) is 15.1. The lowest BCUT2D eigenvalue weighted by atomic mass is 9.99. The van der Waals surface area contributed by atoms with Gasteiger partial charge in [-0.1, -0.05) is 24.8 Å². The molecule has 0 saturated carbocycles. The largest absolute Gasteiger partial charge is 0.508 e. The number of nitrogens with zero attached hydrogens (tertiary/aromatic N) is 7. The summed E-state index contributed by atoms with van der Waals surface area (Å²) in [5.74, 6) is 0.908. The third-order valence-electron chi connectivity index (χ3n) is 9.16. The number of anilines is 2. The number of phenolic OH excluding ortho intramolecular Hbond substituents is 1. The lowest BCUT2D eigenvalue weighted by Crippen LogP contribution is -2.55. The number of nitriles is 1. The number of fused-ring (bicyclic) bond motifs is 2. The molecule has 0 bridgehead atoms. The van der Waals surface area contributed by atoms with Gasteiger partial charge in [-0.05, 0) is 62.9 Å². The topological polar surface area (TPSA) is 109 Å². The summed E-state index contributed by atoms with van der Waals surface area (Å²) in [4.78, 5) is 31.0. The monoisotopic (exact) mass is 581 g/mol. The molecule has 2 aromatic carbocycles. The first-order chi connectivity index (χ1) is 20.9. The number of aromatic nitrogens is 2. The highest BCUT2D eigenvalue weighted by molar-refractivity contribution is 5.98. The summed E-state index contributed by atoms with van der Waals surface area (Å²) in [7, 11) is 2.12. The first kappa shape index (κ1) is 28.7. The van der Waals surface area contributed by atoms with Gasteiger partial charge in [-0.15, -0.1) is 0 Å². The van der Waals surface area contributed by atoms with Crippen LogP contribution in [-0.2, 0) is 17.8 Å². The molecular weight excluding hydrogens is 542 g/mol. The summed E-state index contributed by atoms with van der Waals surface area (Å²) in [6.07, 6.45) is 4.51. The summed E-state index contributed by atoms with van der Waals surface area (Å²) < 4.78 is 6.28. The third kappa shape index (κ3) is 5.69. The quantitative estimate of drug-likeness (QED) is 0.417. The van der Waals surface area contributed by atoms with Crippen molar-refractivity contribution in [1.29, 1.82) is 5.26 Å². The van der Waals surface area contributed by atoms with Crippen molar-refractivity contribution in [2.24, 2.45) is 0 Å². The van der Waals surface area contributed by atoms with E-state index in [-0.39, 0.29) is 24.1 Å². The Kier molecular flexibility index (Phi) is 8.08. The zero-order valence-electron chi connectivity index (χ0n) is 25.0. The number of carbonyl (C=O) groups excluding carboxylic acids is 1. The van der Waals surface area contributed by atoms with Crippen molar-refractivity contribution in [3.05, 3.63) is 59.8 Å². The van der Waals surface area contributed by atoms with Crippen molar-refractivity contribution in [2.75, 3.05) is 56.2 Å². The molecule has 1 aromatic heterocycles. The van der Waals surface area contributed by atoms with Gasteiger partial charge in [0.15, 0.2) is 0 Å². The lowest BCUT2D eigenvalue weighted by Gasteiger charge is -2.42. The minimum atomic E-state index is -0.256. The number of benzene rings is 2. The number of phenols is 1. The Hall–Kier alpha value is -4.36. The molecule has 1 amide bonds. The Morgan fingerprint density at radius 2 is 2.05 bits per heavy atom. The summed E-state index contributed by atoms with van der Waals surface area (Å²) in [5, 5.41) is 22.2. The van der Waals surface area contributed by atoms with E-state index in [1.54, 1.807) is 4.90 Å². The third-order valence-corrected chi connectivity index (χ3v) is 9.16. The van der Waals surface area contributed by atoms with Crippen LogP contribution in [0.4, 0.5) is 11.5 Å². The highest BCUT2D eigenvalue weighted by Crippen LogP contribution is 2.38. The molecule has 10 nitrogen and oxygen atoms in total. The van der Waals surface area contributed by atoms with E-state index in [2.05, 4.69) is 47.4 Å². The maximum atomic E-state index is 12.5. The van der Waals surface area contributed by atoms with Gasteiger partial charge in [0.25, 0.3) is 0 Å². The van der Waals surface area contributed by atoms with Crippen LogP contribution in [0.25, 0.3) is 10.8 Å². The molecule has 0 spiro atoms. The van der Waals surface area contributed by atoms with Gasteiger partial charge < -0.3 is 29.4 Å². The van der Waals surface area contributed by atoms with Crippen molar-refractivity contribution in [3.8, 4) is 17.8 Å². The van der Waals surface area contributed by atoms with Gasteiger partial charge in [-0.25, -0.2) is 0 Å². The first-order valence-corrected chi connectivity index (χ1v) is 15.1. The number of carbonyl (C=O) groups is 1. The Bertz CT molecular complexity index is 1580. The van der Waals surface area contributed by atoms with Crippen LogP contribution in [0.15, 0.2) is 43.0 Å². The average molecular weight is 582 g/mol. The summed E-state index contributed by atoms with van der Waals surface area (Å²) in [5.41, 5.74) is 4.11. The normalized spacial score (nSPS) is 20.6. The number of aryl methyl sites for hydroxylation is 1. The molecule has 6 rings (SSSR count). The summed E-state index contributed by atoms with van der Waals surface area (Å²) in [6, 6.07) is 12.5. The molecule has 224 valence electrons. The number of aromatic hydroxyl groups is 1. The van der Waals surface area contributed by atoms with Crippen molar-refractivity contribution in [3.63, 3.8) is 0 Å². The average Bonchev–Trinajstić information content (AvgIpc) is 3.43. The molecule has 1 N–H and O–H groups in total. The molecule has 0 unspecified atom stereocenters. The zero-order valence-corrected chi connectivity index (χ0v) is 25.0. The number of likely N-dealkylation sites (tertiary alicyclic amines) is 1. The predicted octanol–water partition coefficient (Wildman–Crippen LogP) is 3.80. The highest BCUT2D eigenvalue weighted by atomic mass is 16.5. The Labute approximate surface area is 252 Å². The van der Waals surface area contributed by atoms with Crippen LogP contribution < -0.4 is 14.5 Å². The molecule has 0 aliphatic carbocycles. The number of likely N-dealkylation sites (N-methyl/N-ethyl adjacent to an activating group) is 1. The Morgan fingerprint density at radius 3 is 2.81 bits per heavy atom. The van der Waals surface area contributed by atoms with Crippen molar-refractivity contribution < 1.29 is 14.6 Å². The van der Waals surface area contributed by atoms with E-state index in [1.165, 1.54) is 6.08 Å². The van der Waals surface area contributed by atoms with E-state index in [0.29, 0.717) is 51.3 Å². The molecule has 0 radical (unpaired) electrons. The molecule has 10 heteroatoms. The van der Waals surface area contributed by atoms with E-state index in [1.807, 2.05) is 24.3 Å². The number of hydrogen-bond donors (Lipinski definition) is 1. The minimum absolute atomic E-state index is 0.154. The summed E-state index contributed by atoms with van der Waals surface area (Å²) >= 11 is 0. The van der Waals surface area contributed by atoms with E-state index < -0.39 is 0 Å². The van der Waals surface area contributed by atoms with Crippen LogP contribution in [0.2, 0.25) is 0 Å². The number of rotatable bonds is 7. The molecular formula is C33H39N7O3. The van der Waals surface area contributed by atoms with Crippen LogP contribution >= 0.6 is 0 Å². The van der Waals surface area contributed by atoms with Crippen LogP contribution in [0.5, 0.6) is 11.8 Å². The molecule has 2 atom stereocenters. The second-order valence-electron chi connectivity index (χ2n) is 11.9. The second-order valence-corrected chi connectivity index (χ2v) is 11.9. The summed E-state index contributed by atoms with van der Waals surface area (Å²) in [6.45, 7) is 10.2. The maximum Gasteiger partial charge on any atom is 0.318 e. The van der Waals surface area contributed by atoms with E-state index in [0.717, 1.165) is 65.0 Å². The molecule has 2 saturated heterocycles. The van der Waals surface area contributed by atoms with Gasteiger partial charge in [-0.2, -0.15) is 15.2 Å². The molecule has 43 heavy (non-hydrogen) atoms. The van der Waals surface area contributed by atoms with Crippen LogP contribution in [0.1, 0.15) is 36.1 Å². The Balaban J connectivity index is 1.35. The highest BCUT2D eigenvalue weighted by Gasteiger charge is 2.34. The van der Waals surface area contributed by atoms with Crippen LogP contribution in [0.3, 0.4) is 0 Å². The van der Waals surface area contributed by atoms with Gasteiger partial charge in [-0.3, -0.25) is 4.79 Å². The molecule has 2 fully saturated rings. The fourth-order valence-corrected chi connectivity index (χ4v) is 6.84. The fraction of sp³-hybridized carbons (Fsp3) is 0.455. The molecule has 3 aliphatic rings. The number of piperazine rings is 1. The van der Waals surface area contributed by atoms with Crippen LogP contribution in [-0.4, -0.2) is 89.2 Å². The van der Waals surface area contributed by atoms with Gasteiger partial charge in [0.05, 0.1) is 30.8 Å². The standard InChI is InChI=1S/C33H39N7O3/c1-4-30(42)40-16-15-39(19-24(40)10-12-34)32-27-11-14-38(29-18-26(41)17-23-8-5-7-22(2)31(23)29)20-28(27)35-33(36-32)43-21-25-9-6-13-37(25)3/h4-5,7-8,17-18,24-25,41H,1,6,9-11,13-16,19-21H2,2-3H3/t24-,25-/m0/s1. The lowest BCUT2D eigenvalue weighted by molar-refractivity contribution is -0.128. The van der Waals surface area contributed by atoms with Crippen LogP contribution in [0, 0.1) is 18.3 Å². The molecule has 4 heterocycles. The molecule has 3 aromatic rings. The number of hydrogen-bond acceptors (Lipinski definition) is 9. The van der Waals surface area contributed by atoms with Gasteiger partial charge in [0, 0.05) is 54.9 Å². The number of amides is 1. The Morgan fingerprint density at radius 1 is 1.19 bits per heavy atom. The van der Waals surface area contributed by atoms with Crippen molar-refractivity contribution >= 4 is 28.2 Å². The zero-order chi connectivity index (χ0) is 30.1. The van der Waals surface area contributed by atoms with E-state index in [4.69, 9.17) is 14.7 Å². The maximum absolute atomic E-state index is 12.5. The van der Waals surface area contributed by atoms with E-state index in [9.17, 15) is 15.2 Å². The number of ether oxygens (including phenoxy) is 1. The molecule has 3 aliphatic heterocycles. The smallest absolute Gasteiger partial charge is 0.318 e. The van der Waals surface area contributed by atoms with Crippen molar-refractivity contribution in [1.82, 2.24) is 19.8 Å². The van der Waals surface area contributed by atoms with Crippen molar-refractivity contribution in [2.45, 2.75) is 51.2 Å². The SMILES string of the molecule is C=CC(=O)N1CCN(c2nc(OC[C@@H]3CCCN3C)nc3c2CCN(c2cc(O)cc4cccc(C)c24)C3)C[C@@H]1CC#N. The van der Waals surface area contributed by atoms with E-state index >= 15 is 0 Å². The van der Waals surface area contributed by atoms with Gasteiger partial charge >= 0.3 is 6.01 Å². The van der Waals surface area contributed by atoms with Gasteiger partial charge in [0.1, 0.15) is 18.2 Å². The second kappa shape index (κ2) is 12.1. The van der Waals surface area contributed by atoms with Gasteiger partial charge in [0.2, 0.25) is 5.91 Å². The fourth-order valence-electron chi connectivity index (χ4n) is 6.84. The predicted molar refractivity (Wildman–Crippen MR) is 166 cm³/mol. The minimum Gasteiger partial charge on any atom is -0.508 e.